The van der Waals surface area contributed by atoms with Crippen molar-refractivity contribution in [2.24, 2.45) is 5.92 Å². The Labute approximate surface area is 79.5 Å². The van der Waals surface area contributed by atoms with E-state index in [2.05, 4.69) is 9.97 Å². The zero-order chi connectivity index (χ0) is 10.3. The summed E-state index contributed by atoms with van der Waals surface area (Å²) in [7, 11) is 0. The summed E-state index contributed by atoms with van der Waals surface area (Å²) in [5.41, 5.74) is 1.26. The molecule has 0 bridgehead atoms. The Morgan fingerprint density at radius 1 is 1.43 bits per heavy atom. The van der Waals surface area contributed by atoms with Gasteiger partial charge in [-0.2, -0.15) is 13.2 Å². The third-order valence-electron chi connectivity index (χ3n) is 2.56. The van der Waals surface area contributed by atoms with Gasteiger partial charge in [0, 0.05) is 5.69 Å². The fourth-order valence-electron chi connectivity index (χ4n) is 1.79. The molecule has 2 rings (SSSR count). The second kappa shape index (κ2) is 3.00. The molecule has 0 spiro atoms. The van der Waals surface area contributed by atoms with Gasteiger partial charge in [-0.15, -0.1) is 0 Å². The Hall–Kier alpha value is -1.00. The highest BCUT2D eigenvalue weighted by atomic mass is 19.4. The molecule has 1 aliphatic carbocycles. The molecule has 78 valence electrons. The lowest BCUT2D eigenvalue weighted by molar-refractivity contribution is -0.144. The molecular formula is C9H11F3N2. The van der Waals surface area contributed by atoms with Gasteiger partial charge in [0.1, 0.15) is 0 Å². The molecule has 1 N–H and O–H groups in total. The number of fused-ring (bicyclic) bond motifs is 1. The lowest BCUT2D eigenvalue weighted by Crippen LogP contribution is -2.10. The van der Waals surface area contributed by atoms with E-state index in [1.165, 1.54) is 0 Å². The van der Waals surface area contributed by atoms with Crippen molar-refractivity contribution in [1.29, 1.82) is 0 Å². The van der Waals surface area contributed by atoms with Crippen molar-refractivity contribution >= 4 is 0 Å². The number of hydrogen-bond donors (Lipinski definition) is 1. The molecule has 1 heterocycles. The number of hydrogen-bond acceptors (Lipinski definition) is 1. The first-order chi connectivity index (χ1) is 6.47. The van der Waals surface area contributed by atoms with Crippen LogP contribution >= 0.6 is 0 Å². The molecule has 2 nitrogen and oxygen atoms in total. The van der Waals surface area contributed by atoms with Crippen LogP contribution in [0.2, 0.25) is 0 Å². The van der Waals surface area contributed by atoms with Crippen molar-refractivity contribution in [3.63, 3.8) is 0 Å². The van der Waals surface area contributed by atoms with Gasteiger partial charge in [0.25, 0.3) is 0 Å². The number of aromatic nitrogens is 2. The predicted octanol–water partition coefficient (Wildman–Crippen LogP) is 2.55. The molecule has 0 saturated carbocycles. The SMILES string of the molecule is CC1CCc2nc(C(F)(F)F)[nH]c2C1. The first kappa shape index (κ1) is 9.55. The van der Waals surface area contributed by atoms with Gasteiger partial charge in [-0.3, -0.25) is 0 Å². The number of halogens is 3. The third kappa shape index (κ3) is 1.63. The number of rotatable bonds is 0. The van der Waals surface area contributed by atoms with Gasteiger partial charge in [-0.1, -0.05) is 6.92 Å². The van der Waals surface area contributed by atoms with Crippen molar-refractivity contribution in [2.75, 3.05) is 0 Å². The molecule has 0 fully saturated rings. The van der Waals surface area contributed by atoms with Gasteiger partial charge >= 0.3 is 6.18 Å². The van der Waals surface area contributed by atoms with E-state index in [-0.39, 0.29) is 0 Å². The molecule has 1 unspecified atom stereocenters. The maximum atomic E-state index is 12.3. The van der Waals surface area contributed by atoms with Crippen LogP contribution in [0.1, 0.15) is 30.6 Å². The lowest BCUT2D eigenvalue weighted by atomic mass is 9.92. The number of H-pyrrole nitrogens is 1. The van der Waals surface area contributed by atoms with Gasteiger partial charge in [-0.05, 0) is 25.2 Å². The fourth-order valence-corrected chi connectivity index (χ4v) is 1.79. The highest BCUT2D eigenvalue weighted by Crippen LogP contribution is 2.30. The fraction of sp³-hybridized carbons (Fsp3) is 0.667. The van der Waals surface area contributed by atoms with Crippen molar-refractivity contribution in [3.05, 3.63) is 17.2 Å². The Morgan fingerprint density at radius 2 is 2.14 bits per heavy atom. The summed E-state index contributed by atoms with van der Waals surface area (Å²) in [5.74, 6) is -0.402. The van der Waals surface area contributed by atoms with Gasteiger partial charge < -0.3 is 4.98 Å². The minimum Gasteiger partial charge on any atom is -0.338 e. The Bertz CT molecular complexity index is 340. The molecule has 0 aromatic carbocycles. The molecule has 1 aromatic rings. The molecule has 0 radical (unpaired) electrons. The first-order valence-corrected chi connectivity index (χ1v) is 4.62. The maximum Gasteiger partial charge on any atom is 0.449 e. The van der Waals surface area contributed by atoms with E-state index in [4.69, 9.17) is 0 Å². The largest absolute Gasteiger partial charge is 0.449 e. The Balaban J connectivity index is 2.32. The van der Waals surface area contributed by atoms with Crippen LogP contribution in [-0.2, 0) is 19.0 Å². The van der Waals surface area contributed by atoms with Crippen LogP contribution in [0.25, 0.3) is 0 Å². The van der Waals surface area contributed by atoms with Crippen LogP contribution in [0.5, 0.6) is 0 Å². The topological polar surface area (TPSA) is 28.7 Å². The Kier molecular flexibility index (Phi) is 2.05. The third-order valence-corrected chi connectivity index (χ3v) is 2.56. The summed E-state index contributed by atoms with van der Waals surface area (Å²) < 4.78 is 36.8. The quantitative estimate of drug-likeness (QED) is 0.691. The highest BCUT2D eigenvalue weighted by molar-refractivity contribution is 5.19. The molecule has 14 heavy (non-hydrogen) atoms. The molecule has 0 aliphatic heterocycles. The monoisotopic (exact) mass is 204 g/mol. The second-order valence-electron chi connectivity index (χ2n) is 3.86. The molecule has 1 aromatic heterocycles. The van der Waals surface area contributed by atoms with Crippen molar-refractivity contribution < 1.29 is 13.2 Å². The first-order valence-electron chi connectivity index (χ1n) is 4.62. The molecule has 5 heteroatoms. The zero-order valence-electron chi connectivity index (χ0n) is 7.78. The number of aryl methyl sites for hydroxylation is 1. The van der Waals surface area contributed by atoms with Crippen LogP contribution in [0.15, 0.2) is 0 Å². The normalized spacial score (nSPS) is 22.1. The van der Waals surface area contributed by atoms with Gasteiger partial charge in [-0.25, -0.2) is 4.98 Å². The summed E-state index contributed by atoms with van der Waals surface area (Å²) in [6.07, 6.45) is -2.09. The Morgan fingerprint density at radius 3 is 2.79 bits per heavy atom. The van der Waals surface area contributed by atoms with E-state index in [9.17, 15) is 13.2 Å². The second-order valence-corrected chi connectivity index (χ2v) is 3.86. The minimum atomic E-state index is -4.35. The smallest absolute Gasteiger partial charge is 0.338 e. The van der Waals surface area contributed by atoms with Gasteiger partial charge in [0.2, 0.25) is 5.82 Å². The van der Waals surface area contributed by atoms with Crippen LogP contribution < -0.4 is 0 Å². The van der Waals surface area contributed by atoms with Crippen molar-refractivity contribution in [2.45, 2.75) is 32.4 Å². The average Bonchev–Trinajstić information content (AvgIpc) is 2.45. The van der Waals surface area contributed by atoms with Gasteiger partial charge in [0.05, 0.1) is 5.69 Å². The molecular weight excluding hydrogens is 193 g/mol. The van der Waals surface area contributed by atoms with Crippen molar-refractivity contribution in [1.82, 2.24) is 9.97 Å². The number of nitrogens with zero attached hydrogens (tertiary/aromatic N) is 1. The number of nitrogens with one attached hydrogen (secondary N) is 1. The van der Waals surface area contributed by atoms with E-state index in [0.29, 0.717) is 30.1 Å². The summed E-state index contributed by atoms with van der Waals surface area (Å²) in [6.45, 7) is 2.04. The van der Waals surface area contributed by atoms with E-state index >= 15 is 0 Å². The number of aromatic amines is 1. The molecule has 1 atom stereocenters. The zero-order valence-corrected chi connectivity index (χ0v) is 7.78. The highest BCUT2D eigenvalue weighted by Gasteiger charge is 2.36. The predicted molar refractivity (Wildman–Crippen MR) is 44.8 cm³/mol. The van der Waals surface area contributed by atoms with E-state index < -0.39 is 12.0 Å². The van der Waals surface area contributed by atoms with E-state index in [1.807, 2.05) is 6.92 Å². The minimum absolute atomic E-state index is 0.448. The maximum absolute atomic E-state index is 12.3. The van der Waals surface area contributed by atoms with Gasteiger partial charge in [0.15, 0.2) is 0 Å². The molecule has 0 saturated heterocycles. The molecule has 0 amide bonds. The average molecular weight is 204 g/mol. The summed E-state index contributed by atoms with van der Waals surface area (Å²) in [5, 5.41) is 0. The van der Waals surface area contributed by atoms with Crippen LogP contribution in [0.4, 0.5) is 13.2 Å². The lowest BCUT2D eigenvalue weighted by Gasteiger charge is -2.15. The summed E-state index contributed by atoms with van der Waals surface area (Å²) in [4.78, 5) is 5.94. The van der Waals surface area contributed by atoms with Crippen LogP contribution in [0, 0.1) is 5.92 Å². The van der Waals surface area contributed by atoms with E-state index in [0.717, 1.165) is 6.42 Å². The summed E-state index contributed by atoms with van der Waals surface area (Å²) >= 11 is 0. The van der Waals surface area contributed by atoms with Crippen molar-refractivity contribution in [3.8, 4) is 0 Å². The van der Waals surface area contributed by atoms with Crippen LogP contribution in [-0.4, -0.2) is 9.97 Å². The number of imidazole rings is 1. The summed E-state index contributed by atoms with van der Waals surface area (Å²) in [6, 6.07) is 0. The molecule has 1 aliphatic rings. The standard InChI is InChI=1S/C9H11F3N2/c1-5-2-3-6-7(4-5)14-8(13-6)9(10,11)12/h5H,2-4H2,1H3,(H,13,14). The number of alkyl halides is 3. The van der Waals surface area contributed by atoms with Crippen LogP contribution in [0.3, 0.4) is 0 Å². The van der Waals surface area contributed by atoms with E-state index in [1.54, 1.807) is 0 Å².